The third kappa shape index (κ3) is 5.89. The number of aryl methyl sites for hydroxylation is 1. The van der Waals surface area contributed by atoms with E-state index in [1.807, 2.05) is 63.5 Å². The molecule has 0 aliphatic rings. The van der Waals surface area contributed by atoms with E-state index in [2.05, 4.69) is 10.3 Å². The van der Waals surface area contributed by atoms with E-state index in [-0.39, 0.29) is 6.10 Å². The number of pyridine rings is 1. The number of aromatic nitrogens is 5. The van der Waals surface area contributed by atoms with Gasteiger partial charge >= 0.3 is 0 Å². The molecule has 0 amide bonds. The van der Waals surface area contributed by atoms with Gasteiger partial charge in [-0.15, -0.1) is 0 Å². The summed E-state index contributed by atoms with van der Waals surface area (Å²) >= 11 is 0. The maximum absolute atomic E-state index is 5.77. The molecular weight excluding hydrogens is 394 g/mol. The number of nitrogens with zero attached hydrogens (tertiary/aromatic N) is 6. The third-order valence-electron chi connectivity index (χ3n) is 4.65. The van der Waals surface area contributed by atoms with Crippen LogP contribution >= 0.6 is 0 Å². The number of nitrogens with one attached hydrogen (secondary N) is 1. The van der Waals surface area contributed by atoms with E-state index in [1.54, 1.807) is 6.20 Å². The Morgan fingerprint density at radius 3 is 2.68 bits per heavy atom. The number of ether oxygens (including phenoxy) is 2. The Bertz CT molecular complexity index is 1000. The molecule has 1 N–H and O–H groups in total. The summed E-state index contributed by atoms with van der Waals surface area (Å²) in [6, 6.07) is 3.95. The molecular formula is C22H33N7O2. The van der Waals surface area contributed by atoms with Crippen molar-refractivity contribution in [2.45, 2.75) is 46.8 Å². The zero-order chi connectivity index (χ0) is 22.4. The fourth-order valence-corrected chi connectivity index (χ4v) is 3.16. The van der Waals surface area contributed by atoms with Gasteiger partial charge in [0.1, 0.15) is 16.9 Å². The summed E-state index contributed by atoms with van der Waals surface area (Å²) in [5.41, 5.74) is 3.66. The molecule has 0 radical (unpaired) electrons. The molecule has 0 bridgehead atoms. The lowest BCUT2D eigenvalue weighted by atomic mass is 10.2. The Kier molecular flexibility index (Phi) is 7.75. The lowest BCUT2D eigenvalue weighted by Crippen LogP contribution is -2.15. The van der Waals surface area contributed by atoms with Gasteiger partial charge in [0.25, 0.3) is 0 Å². The SMILES string of the molecule is CCOCCn1nc(CCOC(C)C)c2nc(N(C)C)nc(Nc3cc(C)ccn3)c21. The van der Waals surface area contributed by atoms with E-state index in [9.17, 15) is 0 Å². The second-order valence-corrected chi connectivity index (χ2v) is 7.84. The molecule has 168 valence electrons. The third-order valence-corrected chi connectivity index (χ3v) is 4.65. The number of rotatable bonds is 11. The fourth-order valence-electron chi connectivity index (χ4n) is 3.16. The van der Waals surface area contributed by atoms with Crippen LogP contribution in [-0.4, -0.2) is 64.8 Å². The highest BCUT2D eigenvalue weighted by atomic mass is 16.5. The Hall–Kier alpha value is -2.78. The second-order valence-electron chi connectivity index (χ2n) is 7.84. The lowest BCUT2D eigenvalue weighted by molar-refractivity contribution is 0.0809. The molecule has 3 aromatic heterocycles. The molecule has 3 heterocycles. The number of fused-ring (bicyclic) bond motifs is 1. The van der Waals surface area contributed by atoms with Crippen molar-refractivity contribution in [3.8, 4) is 0 Å². The van der Waals surface area contributed by atoms with E-state index >= 15 is 0 Å². The summed E-state index contributed by atoms with van der Waals surface area (Å²) in [5.74, 6) is 2.01. The molecule has 0 aliphatic carbocycles. The van der Waals surface area contributed by atoms with Crippen molar-refractivity contribution < 1.29 is 9.47 Å². The van der Waals surface area contributed by atoms with Crippen molar-refractivity contribution in [1.29, 1.82) is 0 Å². The van der Waals surface area contributed by atoms with Crippen LogP contribution in [0.15, 0.2) is 18.3 Å². The first-order valence-corrected chi connectivity index (χ1v) is 10.7. The molecule has 0 aromatic carbocycles. The highest BCUT2D eigenvalue weighted by molar-refractivity contribution is 5.90. The zero-order valence-corrected chi connectivity index (χ0v) is 19.3. The molecule has 0 atom stereocenters. The summed E-state index contributed by atoms with van der Waals surface area (Å²) in [6.45, 7) is 10.5. The summed E-state index contributed by atoms with van der Waals surface area (Å²) in [6.07, 6.45) is 2.62. The smallest absolute Gasteiger partial charge is 0.227 e. The first kappa shape index (κ1) is 22.9. The Labute approximate surface area is 183 Å². The average Bonchev–Trinajstić information content (AvgIpc) is 3.06. The van der Waals surface area contributed by atoms with Crippen LogP contribution in [-0.2, 0) is 22.4 Å². The molecule has 9 heteroatoms. The van der Waals surface area contributed by atoms with Crippen LogP contribution in [0, 0.1) is 6.92 Å². The average molecular weight is 428 g/mol. The maximum Gasteiger partial charge on any atom is 0.227 e. The summed E-state index contributed by atoms with van der Waals surface area (Å²) in [5, 5.41) is 8.23. The molecule has 3 aromatic rings. The largest absolute Gasteiger partial charge is 0.380 e. The van der Waals surface area contributed by atoms with Crippen molar-refractivity contribution in [2.24, 2.45) is 0 Å². The zero-order valence-electron chi connectivity index (χ0n) is 19.3. The number of hydrogen-bond acceptors (Lipinski definition) is 8. The van der Waals surface area contributed by atoms with Crippen molar-refractivity contribution in [3.63, 3.8) is 0 Å². The Morgan fingerprint density at radius 2 is 2.00 bits per heavy atom. The first-order chi connectivity index (χ1) is 14.9. The minimum absolute atomic E-state index is 0.169. The molecule has 0 saturated heterocycles. The Morgan fingerprint density at radius 1 is 1.19 bits per heavy atom. The molecule has 31 heavy (non-hydrogen) atoms. The van der Waals surface area contributed by atoms with Gasteiger partial charge in [0.05, 0.1) is 31.6 Å². The first-order valence-electron chi connectivity index (χ1n) is 10.7. The molecule has 0 aliphatic heterocycles. The van der Waals surface area contributed by atoms with Gasteiger partial charge in [0.2, 0.25) is 5.95 Å². The van der Waals surface area contributed by atoms with Crippen LogP contribution in [0.1, 0.15) is 32.0 Å². The standard InChI is InChI=1S/C22H33N7O2/c1-7-30-13-11-29-20-19(17(27-29)9-12-31-15(2)3)25-22(28(5)6)26-21(20)24-18-14-16(4)8-10-23-18/h8,10,14-15H,7,9,11-13H2,1-6H3,(H,23,24,25,26). The Balaban J connectivity index is 2.08. The van der Waals surface area contributed by atoms with Gasteiger partial charge in [0, 0.05) is 33.3 Å². The van der Waals surface area contributed by atoms with Crippen LogP contribution in [0.2, 0.25) is 0 Å². The van der Waals surface area contributed by atoms with Crippen molar-refractivity contribution in [1.82, 2.24) is 24.7 Å². The molecule has 0 fully saturated rings. The van der Waals surface area contributed by atoms with Crippen LogP contribution in [0.25, 0.3) is 11.0 Å². The minimum atomic E-state index is 0.169. The topological polar surface area (TPSA) is 90.2 Å². The van der Waals surface area contributed by atoms with Gasteiger partial charge in [0.15, 0.2) is 5.82 Å². The van der Waals surface area contributed by atoms with E-state index in [4.69, 9.17) is 24.5 Å². The van der Waals surface area contributed by atoms with Crippen molar-refractivity contribution in [2.75, 3.05) is 44.1 Å². The van der Waals surface area contributed by atoms with Crippen LogP contribution in [0.3, 0.4) is 0 Å². The molecule has 0 saturated carbocycles. The number of hydrogen-bond donors (Lipinski definition) is 1. The van der Waals surface area contributed by atoms with E-state index in [0.717, 1.165) is 28.1 Å². The normalized spacial score (nSPS) is 11.5. The van der Waals surface area contributed by atoms with Crippen molar-refractivity contribution >= 4 is 28.6 Å². The van der Waals surface area contributed by atoms with Crippen LogP contribution < -0.4 is 10.2 Å². The lowest BCUT2D eigenvalue weighted by Gasteiger charge is -2.14. The van der Waals surface area contributed by atoms with Gasteiger partial charge < -0.3 is 19.7 Å². The quantitative estimate of drug-likeness (QED) is 0.466. The van der Waals surface area contributed by atoms with Crippen LogP contribution in [0.4, 0.5) is 17.6 Å². The second kappa shape index (κ2) is 10.5. The van der Waals surface area contributed by atoms with E-state index < -0.39 is 0 Å². The molecule has 9 nitrogen and oxygen atoms in total. The van der Waals surface area contributed by atoms with Crippen molar-refractivity contribution in [3.05, 3.63) is 29.6 Å². The summed E-state index contributed by atoms with van der Waals surface area (Å²) in [7, 11) is 3.86. The fraction of sp³-hybridized carbons (Fsp3) is 0.545. The molecule has 0 spiro atoms. The predicted molar refractivity (Wildman–Crippen MR) is 123 cm³/mol. The van der Waals surface area contributed by atoms with Gasteiger partial charge in [-0.05, 0) is 45.4 Å². The highest BCUT2D eigenvalue weighted by Crippen LogP contribution is 2.28. The van der Waals surface area contributed by atoms with Crippen LogP contribution in [0.5, 0.6) is 0 Å². The molecule has 0 unspecified atom stereocenters. The van der Waals surface area contributed by atoms with Gasteiger partial charge in [-0.3, -0.25) is 4.68 Å². The highest BCUT2D eigenvalue weighted by Gasteiger charge is 2.20. The molecule has 3 rings (SSSR count). The summed E-state index contributed by atoms with van der Waals surface area (Å²) in [4.78, 5) is 15.9. The van der Waals surface area contributed by atoms with Gasteiger partial charge in [-0.2, -0.15) is 10.1 Å². The minimum Gasteiger partial charge on any atom is -0.380 e. The van der Waals surface area contributed by atoms with Gasteiger partial charge in [-0.25, -0.2) is 9.97 Å². The predicted octanol–water partition coefficient (Wildman–Crippen LogP) is 3.34. The number of anilines is 3. The monoisotopic (exact) mass is 427 g/mol. The maximum atomic E-state index is 5.77. The summed E-state index contributed by atoms with van der Waals surface area (Å²) < 4.78 is 13.3. The van der Waals surface area contributed by atoms with E-state index in [1.165, 1.54) is 0 Å². The van der Waals surface area contributed by atoms with Gasteiger partial charge in [-0.1, -0.05) is 0 Å². The van der Waals surface area contributed by atoms with E-state index in [0.29, 0.717) is 44.6 Å².